The number of sulfonamides is 1. The second kappa shape index (κ2) is 7.87. The second-order valence-corrected chi connectivity index (χ2v) is 7.11. The summed E-state index contributed by atoms with van der Waals surface area (Å²) >= 11 is 0. The van der Waals surface area contributed by atoms with E-state index in [0.29, 0.717) is 5.56 Å². The first-order valence-corrected chi connectivity index (χ1v) is 8.81. The maximum Gasteiger partial charge on any atom is 0.241 e. The van der Waals surface area contributed by atoms with Gasteiger partial charge in [-0.05, 0) is 38.0 Å². The third-order valence-corrected chi connectivity index (χ3v) is 5.19. The maximum atomic E-state index is 13.8. The molecule has 1 atom stereocenters. The number of unbranched alkanes of at least 4 members (excludes halogenated alkanes) is 2. The average molecular weight is 316 g/mol. The Morgan fingerprint density at radius 3 is 2.57 bits per heavy atom. The molecule has 0 spiro atoms. The molecule has 0 aliphatic rings. The largest absolute Gasteiger partial charge is 0.326 e. The van der Waals surface area contributed by atoms with Gasteiger partial charge in [0.2, 0.25) is 10.0 Å². The molecular formula is C15H25FN2O2S. The van der Waals surface area contributed by atoms with Gasteiger partial charge in [-0.1, -0.05) is 26.2 Å². The Morgan fingerprint density at radius 1 is 1.33 bits per heavy atom. The highest BCUT2D eigenvalue weighted by molar-refractivity contribution is 7.89. The van der Waals surface area contributed by atoms with Crippen LogP contribution in [0.1, 0.15) is 50.7 Å². The van der Waals surface area contributed by atoms with E-state index in [1.807, 2.05) is 6.92 Å². The minimum atomic E-state index is -3.73. The van der Waals surface area contributed by atoms with Crippen molar-refractivity contribution in [3.05, 3.63) is 29.1 Å². The summed E-state index contributed by atoms with van der Waals surface area (Å²) < 4.78 is 41.2. The van der Waals surface area contributed by atoms with Gasteiger partial charge in [0.25, 0.3) is 0 Å². The number of hydrogen-bond acceptors (Lipinski definition) is 3. The van der Waals surface area contributed by atoms with Crippen LogP contribution in [-0.2, 0) is 16.6 Å². The first kappa shape index (κ1) is 18.1. The first-order chi connectivity index (χ1) is 9.81. The molecule has 0 saturated carbocycles. The molecule has 1 rings (SSSR count). The molecule has 0 bridgehead atoms. The van der Waals surface area contributed by atoms with Gasteiger partial charge in [0.05, 0.1) is 4.90 Å². The molecule has 4 nitrogen and oxygen atoms in total. The second-order valence-electron chi connectivity index (χ2n) is 5.42. The highest BCUT2D eigenvalue weighted by atomic mass is 32.2. The predicted molar refractivity (Wildman–Crippen MR) is 83.0 cm³/mol. The zero-order valence-corrected chi connectivity index (χ0v) is 13.8. The van der Waals surface area contributed by atoms with Crippen LogP contribution in [0.3, 0.4) is 0 Å². The lowest BCUT2D eigenvalue weighted by Crippen LogP contribution is -2.33. The minimum Gasteiger partial charge on any atom is -0.326 e. The molecule has 21 heavy (non-hydrogen) atoms. The van der Waals surface area contributed by atoms with Gasteiger partial charge in [-0.15, -0.1) is 0 Å². The predicted octanol–water partition coefficient (Wildman–Crippen LogP) is 2.84. The van der Waals surface area contributed by atoms with Crippen molar-refractivity contribution < 1.29 is 12.8 Å². The van der Waals surface area contributed by atoms with Crippen LogP contribution < -0.4 is 10.5 Å². The monoisotopic (exact) mass is 316 g/mol. The summed E-state index contributed by atoms with van der Waals surface area (Å²) in [5, 5.41) is 0. The fourth-order valence-electron chi connectivity index (χ4n) is 2.19. The van der Waals surface area contributed by atoms with E-state index < -0.39 is 15.8 Å². The molecule has 0 aliphatic heterocycles. The molecule has 0 heterocycles. The summed E-state index contributed by atoms with van der Waals surface area (Å²) in [6, 6.07) is 2.55. The molecule has 3 N–H and O–H groups in total. The van der Waals surface area contributed by atoms with E-state index in [9.17, 15) is 12.8 Å². The van der Waals surface area contributed by atoms with E-state index in [2.05, 4.69) is 11.6 Å². The Labute approximate surface area is 127 Å². The van der Waals surface area contributed by atoms with Crippen LogP contribution in [0.15, 0.2) is 17.0 Å². The van der Waals surface area contributed by atoms with Gasteiger partial charge in [0.1, 0.15) is 5.82 Å². The van der Waals surface area contributed by atoms with Crippen LogP contribution in [-0.4, -0.2) is 14.5 Å². The standard InChI is InChI=1S/C15H25FN2O2S/c1-4-5-6-7-11(2)18-21(19,20)15-9-13(10-17)8-14(16)12(15)3/h8-9,11,18H,4-7,10,17H2,1-3H3. The lowest BCUT2D eigenvalue weighted by atomic mass is 10.1. The van der Waals surface area contributed by atoms with Gasteiger partial charge < -0.3 is 5.73 Å². The number of nitrogens with one attached hydrogen (secondary N) is 1. The zero-order valence-electron chi connectivity index (χ0n) is 12.9. The zero-order chi connectivity index (χ0) is 16.0. The number of halogens is 1. The first-order valence-electron chi connectivity index (χ1n) is 7.33. The molecule has 1 unspecified atom stereocenters. The Hall–Kier alpha value is -0.980. The molecule has 0 amide bonds. The molecule has 6 heteroatoms. The Balaban J connectivity index is 2.95. The maximum absolute atomic E-state index is 13.8. The molecule has 1 aromatic carbocycles. The third-order valence-electron chi connectivity index (χ3n) is 3.48. The molecule has 1 aromatic rings. The van der Waals surface area contributed by atoms with E-state index in [-0.39, 0.29) is 23.0 Å². The van der Waals surface area contributed by atoms with Crippen LogP contribution in [0.4, 0.5) is 4.39 Å². The van der Waals surface area contributed by atoms with Crippen molar-refractivity contribution >= 4 is 10.0 Å². The van der Waals surface area contributed by atoms with E-state index >= 15 is 0 Å². The molecule has 0 aromatic heterocycles. The Bertz CT molecular complexity index is 573. The Kier molecular flexibility index (Phi) is 6.77. The van der Waals surface area contributed by atoms with Gasteiger partial charge in [-0.25, -0.2) is 17.5 Å². The van der Waals surface area contributed by atoms with E-state index in [1.54, 1.807) is 0 Å². The molecule has 120 valence electrons. The molecular weight excluding hydrogens is 291 g/mol. The lowest BCUT2D eigenvalue weighted by Gasteiger charge is -2.16. The van der Waals surface area contributed by atoms with E-state index in [0.717, 1.165) is 25.7 Å². The number of nitrogens with two attached hydrogens (primary N) is 1. The number of benzene rings is 1. The fourth-order valence-corrected chi connectivity index (χ4v) is 3.77. The molecule has 0 saturated heterocycles. The molecule has 0 radical (unpaired) electrons. The quantitative estimate of drug-likeness (QED) is 0.724. The normalized spacial score (nSPS) is 13.4. The van der Waals surface area contributed by atoms with E-state index in [1.165, 1.54) is 19.1 Å². The minimum absolute atomic E-state index is 0.0229. The van der Waals surface area contributed by atoms with Gasteiger partial charge in [0.15, 0.2) is 0 Å². The third kappa shape index (κ3) is 5.05. The average Bonchev–Trinajstić information content (AvgIpc) is 2.41. The van der Waals surface area contributed by atoms with E-state index in [4.69, 9.17) is 5.73 Å². The molecule has 0 fully saturated rings. The highest BCUT2D eigenvalue weighted by Gasteiger charge is 2.22. The van der Waals surface area contributed by atoms with Crippen LogP contribution in [0.25, 0.3) is 0 Å². The lowest BCUT2D eigenvalue weighted by molar-refractivity contribution is 0.525. The molecule has 0 aliphatic carbocycles. The summed E-state index contributed by atoms with van der Waals surface area (Å²) in [6.45, 7) is 5.49. The SMILES string of the molecule is CCCCCC(C)NS(=O)(=O)c1cc(CN)cc(F)c1C. The van der Waals surface area contributed by atoms with Crippen molar-refractivity contribution in [3.63, 3.8) is 0 Å². The smallest absolute Gasteiger partial charge is 0.241 e. The Morgan fingerprint density at radius 2 is 2.00 bits per heavy atom. The summed E-state index contributed by atoms with van der Waals surface area (Å²) in [7, 11) is -3.73. The van der Waals surface area contributed by atoms with Crippen LogP contribution in [0.2, 0.25) is 0 Å². The summed E-state index contributed by atoms with van der Waals surface area (Å²) in [4.78, 5) is -0.0229. The summed E-state index contributed by atoms with van der Waals surface area (Å²) in [5.74, 6) is -0.544. The van der Waals surface area contributed by atoms with Gasteiger partial charge >= 0.3 is 0 Å². The van der Waals surface area contributed by atoms with Crippen LogP contribution in [0.5, 0.6) is 0 Å². The van der Waals surface area contributed by atoms with Gasteiger partial charge in [-0.2, -0.15) is 0 Å². The summed E-state index contributed by atoms with van der Waals surface area (Å²) in [5.41, 5.74) is 6.08. The van der Waals surface area contributed by atoms with Crippen molar-refractivity contribution in [3.8, 4) is 0 Å². The van der Waals surface area contributed by atoms with Crippen LogP contribution in [0, 0.1) is 12.7 Å². The van der Waals surface area contributed by atoms with Crippen molar-refractivity contribution in [2.75, 3.05) is 0 Å². The fraction of sp³-hybridized carbons (Fsp3) is 0.600. The number of rotatable bonds is 8. The summed E-state index contributed by atoms with van der Waals surface area (Å²) in [6.07, 6.45) is 3.90. The van der Waals surface area contributed by atoms with Crippen molar-refractivity contribution in [2.24, 2.45) is 5.73 Å². The van der Waals surface area contributed by atoms with Gasteiger partial charge in [-0.3, -0.25) is 0 Å². The van der Waals surface area contributed by atoms with Gasteiger partial charge in [0, 0.05) is 18.2 Å². The van der Waals surface area contributed by atoms with Crippen molar-refractivity contribution in [2.45, 2.75) is 63.9 Å². The number of hydrogen-bond donors (Lipinski definition) is 2. The topological polar surface area (TPSA) is 72.2 Å². The highest BCUT2D eigenvalue weighted by Crippen LogP contribution is 2.21. The van der Waals surface area contributed by atoms with Crippen LogP contribution >= 0.6 is 0 Å². The van der Waals surface area contributed by atoms with Crippen molar-refractivity contribution in [1.82, 2.24) is 4.72 Å². The van der Waals surface area contributed by atoms with Crippen molar-refractivity contribution in [1.29, 1.82) is 0 Å².